The molecule has 0 fully saturated rings. The van der Waals surface area contributed by atoms with Crippen LogP contribution in [0.5, 0.6) is 0 Å². The van der Waals surface area contributed by atoms with Gasteiger partial charge in [-0.1, -0.05) is 36.4 Å². The minimum Gasteiger partial charge on any atom is -0.312 e. The quantitative estimate of drug-likeness (QED) is 0.482. The number of pyridine rings is 1. The average Bonchev–Trinajstić information content (AvgIpc) is 3.35. The van der Waals surface area contributed by atoms with E-state index in [0.717, 1.165) is 52.3 Å². The fourth-order valence-corrected chi connectivity index (χ4v) is 4.79. The molecule has 1 aliphatic rings. The van der Waals surface area contributed by atoms with Crippen molar-refractivity contribution in [3.63, 3.8) is 0 Å². The highest BCUT2D eigenvalue weighted by molar-refractivity contribution is 5.95. The molecule has 0 saturated carbocycles. The minimum atomic E-state index is 0.181. The molecule has 2 aromatic heterocycles. The Morgan fingerprint density at radius 3 is 2.52 bits per heavy atom. The van der Waals surface area contributed by atoms with Crippen LogP contribution >= 0.6 is 0 Å². The first kappa shape index (κ1) is 19.5. The van der Waals surface area contributed by atoms with Crippen LogP contribution in [0.25, 0.3) is 16.7 Å². The zero-order chi connectivity index (χ0) is 21.5. The van der Waals surface area contributed by atoms with Gasteiger partial charge in [0.05, 0.1) is 11.4 Å². The van der Waals surface area contributed by atoms with Crippen LogP contribution in [0.2, 0.25) is 0 Å². The largest absolute Gasteiger partial charge is 0.312 e. The first-order valence-electron chi connectivity index (χ1n) is 10.8. The van der Waals surface area contributed by atoms with E-state index in [1.165, 1.54) is 11.1 Å². The van der Waals surface area contributed by atoms with Gasteiger partial charge in [0.15, 0.2) is 5.65 Å². The van der Waals surface area contributed by atoms with Crippen LogP contribution in [0.1, 0.15) is 34.5 Å². The summed E-state index contributed by atoms with van der Waals surface area (Å²) in [4.78, 5) is 19.9. The van der Waals surface area contributed by atoms with Crippen molar-refractivity contribution >= 4 is 22.6 Å². The Hall–Kier alpha value is -3.47. The molecule has 0 aliphatic carbocycles. The summed E-state index contributed by atoms with van der Waals surface area (Å²) in [6.45, 7) is 6.97. The smallest absolute Gasteiger partial charge is 0.227 e. The van der Waals surface area contributed by atoms with E-state index in [9.17, 15) is 4.79 Å². The maximum atomic E-state index is 13.0. The Morgan fingerprint density at radius 1 is 0.968 bits per heavy atom. The van der Waals surface area contributed by atoms with Crippen molar-refractivity contribution in [2.45, 2.75) is 40.0 Å². The summed E-state index contributed by atoms with van der Waals surface area (Å²) in [5.74, 6) is 0.181. The number of fused-ring (bicyclic) bond motifs is 2. The van der Waals surface area contributed by atoms with Gasteiger partial charge >= 0.3 is 0 Å². The first-order valence-corrected chi connectivity index (χ1v) is 10.8. The third-order valence-corrected chi connectivity index (χ3v) is 6.35. The molecule has 156 valence electrons. The maximum Gasteiger partial charge on any atom is 0.227 e. The molecule has 0 atom stereocenters. The molecule has 0 saturated heterocycles. The van der Waals surface area contributed by atoms with Gasteiger partial charge in [-0.25, -0.2) is 9.67 Å². The van der Waals surface area contributed by atoms with Gasteiger partial charge in [-0.2, -0.15) is 5.10 Å². The predicted octanol–water partition coefficient (Wildman–Crippen LogP) is 4.87. The standard InChI is InChI=1S/C26H26N4O/c1-17-22(13-14-24(31)29-16-15-20-9-7-8-12-23(20)29)18(2)27-26-25(17)19(3)28-30(26)21-10-5-4-6-11-21/h4-12H,13-16H2,1-3H3. The summed E-state index contributed by atoms with van der Waals surface area (Å²) >= 11 is 0. The number of rotatable bonds is 4. The molecule has 5 heteroatoms. The summed E-state index contributed by atoms with van der Waals surface area (Å²) in [6, 6.07) is 18.3. The number of anilines is 1. The monoisotopic (exact) mass is 410 g/mol. The molecule has 3 heterocycles. The Kier molecular flexibility index (Phi) is 4.81. The Morgan fingerprint density at radius 2 is 1.71 bits per heavy atom. The second-order valence-electron chi connectivity index (χ2n) is 8.26. The lowest BCUT2D eigenvalue weighted by atomic mass is 9.99. The summed E-state index contributed by atoms with van der Waals surface area (Å²) < 4.78 is 1.92. The molecule has 0 unspecified atom stereocenters. The van der Waals surface area contributed by atoms with E-state index in [-0.39, 0.29) is 5.91 Å². The zero-order valence-corrected chi connectivity index (χ0v) is 18.2. The predicted molar refractivity (Wildman–Crippen MR) is 124 cm³/mol. The summed E-state index contributed by atoms with van der Waals surface area (Å²) in [6.07, 6.45) is 2.11. The van der Waals surface area contributed by atoms with Crippen LogP contribution in [0, 0.1) is 20.8 Å². The van der Waals surface area contributed by atoms with Crippen LogP contribution < -0.4 is 4.90 Å². The maximum absolute atomic E-state index is 13.0. The lowest BCUT2D eigenvalue weighted by Gasteiger charge is -2.18. The van der Waals surface area contributed by atoms with Gasteiger partial charge in [-0.3, -0.25) is 4.79 Å². The summed E-state index contributed by atoms with van der Waals surface area (Å²) in [5.41, 5.74) is 8.47. The molecule has 4 aromatic rings. The Balaban J connectivity index is 1.45. The van der Waals surface area contributed by atoms with Gasteiger partial charge in [0, 0.05) is 29.7 Å². The van der Waals surface area contributed by atoms with Crippen molar-refractivity contribution in [3.8, 4) is 5.69 Å². The number of hydrogen-bond donors (Lipinski definition) is 0. The van der Waals surface area contributed by atoms with Gasteiger partial charge in [-0.15, -0.1) is 0 Å². The van der Waals surface area contributed by atoms with Crippen molar-refractivity contribution in [1.82, 2.24) is 14.8 Å². The number of hydrogen-bond acceptors (Lipinski definition) is 3. The van der Waals surface area contributed by atoms with E-state index in [0.29, 0.717) is 12.8 Å². The lowest BCUT2D eigenvalue weighted by Crippen LogP contribution is -2.29. The Bertz CT molecular complexity index is 1290. The number of amides is 1. The highest BCUT2D eigenvalue weighted by Gasteiger charge is 2.24. The zero-order valence-electron chi connectivity index (χ0n) is 18.2. The van der Waals surface area contributed by atoms with E-state index in [2.05, 4.69) is 13.0 Å². The molecular weight excluding hydrogens is 384 g/mol. The van der Waals surface area contributed by atoms with Crippen LogP contribution in [0.3, 0.4) is 0 Å². The van der Waals surface area contributed by atoms with Crippen molar-refractivity contribution in [3.05, 3.63) is 82.7 Å². The Labute approximate surface area is 182 Å². The SMILES string of the molecule is Cc1nc2c(c(C)nn2-c2ccccc2)c(C)c1CCC(=O)N1CCc2ccccc21. The minimum absolute atomic E-state index is 0.181. The number of benzene rings is 2. The van der Waals surface area contributed by atoms with Crippen LogP contribution in [-0.4, -0.2) is 27.2 Å². The molecule has 0 N–H and O–H groups in total. The second-order valence-corrected chi connectivity index (χ2v) is 8.26. The number of carbonyl (C=O) groups is 1. The fourth-order valence-electron chi connectivity index (χ4n) is 4.79. The molecule has 0 spiro atoms. The number of aryl methyl sites for hydroxylation is 3. The van der Waals surface area contributed by atoms with Crippen molar-refractivity contribution < 1.29 is 4.79 Å². The van der Waals surface area contributed by atoms with E-state index in [4.69, 9.17) is 10.1 Å². The van der Waals surface area contributed by atoms with Crippen LogP contribution in [0.15, 0.2) is 54.6 Å². The topological polar surface area (TPSA) is 51.0 Å². The highest BCUT2D eigenvalue weighted by Crippen LogP contribution is 2.30. The molecule has 1 amide bonds. The number of para-hydroxylation sites is 2. The van der Waals surface area contributed by atoms with Gasteiger partial charge in [0.2, 0.25) is 5.91 Å². The number of aromatic nitrogens is 3. The molecule has 1 aliphatic heterocycles. The number of carbonyl (C=O) groups excluding carboxylic acids is 1. The molecular formula is C26H26N4O. The van der Waals surface area contributed by atoms with Crippen molar-refractivity contribution in [1.29, 1.82) is 0 Å². The van der Waals surface area contributed by atoms with Crippen LogP contribution in [0.4, 0.5) is 5.69 Å². The molecule has 5 nitrogen and oxygen atoms in total. The lowest BCUT2D eigenvalue weighted by molar-refractivity contribution is -0.118. The fraction of sp³-hybridized carbons (Fsp3) is 0.269. The molecule has 31 heavy (non-hydrogen) atoms. The first-order chi connectivity index (χ1) is 15.0. The second kappa shape index (κ2) is 7.65. The van der Waals surface area contributed by atoms with E-state index < -0.39 is 0 Å². The molecule has 0 bridgehead atoms. The molecule has 2 aromatic carbocycles. The van der Waals surface area contributed by atoms with E-state index >= 15 is 0 Å². The average molecular weight is 411 g/mol. The summed E-state index contributed by atoms with van der Waals surface area (Å²) in [7, 11) is 0. The number of nitrogens with zero attached hydrogens (tertiary/aromatic N) is 4. The van der Waals surface area contributed by atoms with Crippen molar-refractivity contribution in [2.24, 2.45) is 0 Å². The summed E-state index contributed by atoms with van der Waals surface area (Å²) in [5, 5.41) is 5.85. The van der Waals surface area contributed by atoms with Crippen molar-refractivity contribution in [2.75, 3.05) is 11.4 Å². The highest BCUT2D eigenvalue weighted by atomic mass is 16.2. The van der Waals surface area contributed by atoms with E-state index in [1.807, 2.05) is 72.0 Å². The van der Waals surface area contributed by atoms with Gasteiger partial charge in [-0.05, 0) is 68.5 Å². The molecule has 5 rings (SSSR count). The normalized spacial score (nSPS) is 13.1. The van der Waals surface area contributed by atoms with Gasteiger partial charge in [0.25, 0.3) is 0 Å². The van der Waals surface area contributed by atoms with Gasteiger partial charge in [0.1, 0.15) is 0 Å². The van der Waals surface area contributed by atoms with Gasteiger partial charge < -0.3 is 4.90 Å². The third-order valence-electron chi connectivity index (χ3n) is 6.35. The van der Waals surface area contributed by atoms with Crippen LogP contribution in [-0.2, 0) is 17.6 Å². The third kappa shape index (κ3) is 3.30. The van der Waals surface area contributed by atoms with E-state index in [1.54, 1.807) is 0 Å². The molecule has 0 radical (unpaired) electrons.